The molecule has 0 spiro atoms. The summed E-state index contributed by atoms with van der Waals surface area (Å²) in [5.74, 6) is 0.899. The Bertz CT molecular complexity index is 618. The highest BCUT2D eigenvalue weighted by Crippen LogP contribution is 2.17. The average molecular weight is 329 g/mol. The number of rotatable bonds is 8. The molecule has 1 aliphatic heterocycles. The van der Waals surface area contributed by atoms with Crippen molar-refractivity contribution < 1.29 is 9.47 Å². The number of hydrogen-bond acceptors (Lipinski definition) is 4. The summed E-state index contributed by atoms with van der Waals surface area (Å²) in [5, 5.41) is 4.49. The second kappa shape index (κ2) is 8.31. The number of hydrogen-bond donors (Lipinski definition) is 0. The Morgan fingerprint density at radius 1 is 1.29 bits per heavy atom. The Kier molecular flexibility index (Phi) is 5.88. The maximum absolute atomic E-state index is 5.83. The minimum Gasteiger partial charge on any atom is -0.497 e. The van der Waals surface area contributed by atoms with E-state index in [1.165, 1.54) is 18.4 Å². The van der Waals surface area contributed by atoms with Gasteiger partial charge in [-0.25, -0.2) is 0 Å². The third-order valence-corrected chi connectivity index (χ3v) is 4.47. The number of methoxy groups -OCH3 is 1. The van der Waals surface area contributed by atoms with E-state index >= 15 is 0 Å². The Morgan fingerprint density at radius 2 is 2.12 bits per heavy atom. The molecule has 5 nitrogen and oxygen atoms in total. The third-order valence-electron chi connectivity index (χ3n) is 4.47. The molecule has 5 heteroatoms. The Balaban J connectivity index is 1.61. The topological polar surface area (TPSA) is 39.5 Å². The molecule has 0 unspecified atom stereocenters. The van der Waals surface area contributed by atoms with Crippen LogP contribution in [0, 0.1) is 6.92 Å². The first-order chi connectivity index (χ1) is 11.7. The van der Waals surface area contributed by atoms with Crippen LogP contribution in [0.3, 0.4) is 0 Å². The molecule has 1 atom stereocenters. The van der Waals surface area contributed by atoms with E-state index in [9.17, 15) is 0 Å². The van der Waals surface area contributed by atoms with Gasteiger partial charge in [0.05, 0.1) is 25.5 Å². The second-order valence-corrected chi connectivity index (χ2v) is 6.44. The monoisotopic (exact) mass is 329 g/mol. The van der Waals surface area contributed by atoms with Crippen LogP contribution in [0.1, 0.15) is 24.1 Å². The Labute approximate surface area is 144 Å². The zero-order chi connectivity index (χ0) is 16.8. The van der Waals surface area contributed by atoms with Gasteiger partial charge < -0.3 is 9.47 Å². The summed E-state index contributed by atoms with van der Waals surface area (Å²) in [6, 6.07) is 10.4. The Hall–Kier alpha value is -1.85. The summed E-state index contributed by atoms with van der Waals surface area (Å²) < 4.78 is 13.1. The third kappa shape index (κ3) is 4.82. The molecule has 1 saturated heterocycles. The number of aromatic nitrogens is 2. The van der Waals surface area contributed by atoms with Gasteiger partial charge in [0.1, 0.15) is 5.75 Å². The zero-order valence-electron chi connectivity index (χ0n) is 14.6. The molecule has 3 rings (SSSR count). The van der Waals surface area contributed by atoms with Crippen LogP contribution in [0.2, 0.25) is 0 Å². The van der Waals surface area contributed by atoms with Crippen molar-refractivity contribution in [2.45, 2.75) is 39.0 Å². The summed E-state index contributed by atoms with van der Waals surface area (Å²) in [4.78, 5) is 2.47. The van der Waals surface area contributed by atoms with Gasteiger partial charge in [0, 0.05) is 32.4 Å². The molecule has 0 saturated carbocycles. The molecule has 1 aromatic carbocycles. The molecule has 24 heavy (non-hydrogen) atoms. The molecule has 1 aliphatic rings. The van der Waals surface area contributed by atoms with Gasteiger partial charge in [-0.05, 0) is 43.5 Å². The molecule has 0 radical (unpaired) electrons. The van der Waals surface area contributed by atoms with Crippen molar-refractivity contribution in [3.05, 3.63) is 47.8 Å². The predicted molar refractivity (Wildman–Crippen MR) is 94.2 cm³/mol. The number of ether oxygens (including phenoxy) is 2. The fraction of sp³-hybridized carbons (Fsp3) is 0.526. The molecule has 2 heterocycles. The molecule has 130 valence electrons. The van der Waals surface area contributed by atoms with Crippen LogP contribution in [0.4, 0.5) is 0 Å². The minimum absolute atomic E-state index is 0.364. The first-order valence-electron chi connectivity index (χ1n) is 8.70. The van der Waals surface area contributed by atoms with E-state index in [4.69, 9.17) is 9.47 Å². The Morgan fingerprint density at radius 3 is 2.75 bits per heavy atom. The number of benzene rings is 1. The van der Waals surface area contributed by atoms with Gasteiger partial charge >= 0.3 is 0 Å². The summed E-state index contributed by atoms with van der Waals surface area (Å²) in [6.07, 6.45) is 4.76. The van der Waals surface area contributed by atoms with Crippen molar-refractivity contribution in [2.24, 2.45) is 0 Å². The maximum Gasteiger partial charge on any atom is 0.118 e. The first-order valence-corrected chi connectivity index (χ1v) is 8.70. The minimum atomic E-state index is 0.364. The van der Waals surface area contributed by atoms with Gasteiger partial charge in [-0.3, -0.25) is 9.58 Å². The van der Waals surface area contributed by atoms with Gasteiger partial charge in [-0.1, -0.05) is 12.1 Å². The predicted octanol–water partition coefficient (Wildman–Crippen LogP) is 2.88. The average Bonchev–Trinajstić information content (AvgIpc) is 3.25. The van der Waals surface area contributed by atoms with Crippen molar-refractivity contribution in [1.82, 2.24) is 14.7 Å². The standard InChI is InChI=1S/C19H27N3O2/c1-16-9-10-22(20-16)12-11-21(15-19-4-3-13-24-19)14-17-5-7-18(23-2)8-6-17/h5-10,19H,3-4,11-15H2,1-2H3/t19-/m0/s1. The van der Waals surface area contributed by atoms with Crippen molar-refractivity contribution in [3.8, 4) is 5.75 Å². The van der Waals surface area contributed by atoms with Crippen molar-refractivity contribution in [3.63, 3.8) is 0 Å². The van der Waals surface area contributed by atoms with Crippen molar-refractivity contribution >= 4 is 0 Å². The zero-order valence-corrected chi connectivity index (χ0v) is 14.6. The van der Waals surface area contributed by atoms with Crippen LogP contribution in [0.5, 0.6) is 5.75 Å². The van der Waals surface area contributed by atoms with Gasteiger partial charge in [-0.15, -0.1) is 0 Å². The fourth-order valence-electron chi connectivity index (χ4n) is 3.13. The maximum atomic E-state index is 5.83. The highest BCUT2D eigenvalue weighted by atomic mass is 16.5. The first kappa shape index (κ1) is 17.0. The van der Waals surface area contributed by atoms with E-state index < -0.39 is 0 Å². The van der Waals surface area contributed by atoms with Crippen LogP contribution in [0.15, 0.2) is 36.5 Å². The quantitative estimate of drug-likeness (QED) is 0.746. The molecule has 0 N–H and O–H groups in total. The normalized spacial score (nSPS) is 17.5. The van der Waals surface area contributed by atoms with Crippen LogP contribution >= 0.6 is 0 Å². The number of nitrogens with zero attached hydrogens (tertiary/aromatic N) is 3. The number of aryl methyl sites for hydroxylation is 1. The highest BCUT2D eigenvalue weighted by molar-refractivity contribution is 5.27. The van der Waals surface area contributed by atoms with Gasteiger partial charge in [0.2, 0.25) is 0 Å². The lowest BCUT2D eigenvalue weighted by Gasteiger charge is -2.25. The van der Waals surface area contributed by atoms with Gasteiger partial charge in [0.25, 0.3) is 0 Å². The van der Waals surface area contributed by atoms with E-state index in [-0.39, 0.29) is 0 Å². The molecule has 1 fully saturated rings. The molecule has 0 bridgehead atoms. The SMILES string of the molecule is COc1ccc(CN(CCn2ccc(C)n2)C[C@@H]2CCCO2)cc1. The lowest BCUT2D eigenvalue weighted by Crippen LogP contribution is -2.34. The summed E-state index contributed by atoms with van der Waals surface area (Å²) in [7, 11) is 1.70. The molecular formula is C19H27N3O2. The van der Waals surface area contributed by atoms with E-state index in [0.717, 1.165) is 44.2 Å². The second-order valence-electron chi connectivity index (χ2n) is 6.44. The molecule has 1 aromatic heterocycles. The highest BCUT2D eigenvalue weighted by Gasteiger charge is 2.19. The smallest absolute Gasteiger partial charge is 0.118 e. The van der Waals surface area contributed by atoms with Crippen LogP contribution in [0.25, 0.3) is 0 Å². The summed E-state index contributed by atoms with van der Waals surface area (Å²) in [6.45, 7) is 6.69. The molecule has 0 amide bonds. The van der Waals surface area contributed by atoms with E-state index in [1.54, 1.807) is 7.11 Å². The summed E-state index contributed by atoms with van der Waals surface area (Å²) in [5.41, 5.74) is 2.36. The lowest BCUT2D eigenvalue weighted by atomic mass is 10.1. The summed E-state index contributed by atoms with van der Waals surface area (Å²) >= 11 is 0. The van der Waals surface area contributed by atoms with Crippen molar-refractivity contribution in [2.75, 3.05) is 26.8 Å². The molecule has 0 aliphatic carbocycles. The molecular weight excluding hydrogens is 302 g/mol. The van der Waals surface area contributed by atoms with Gasteiger partial charge in [-0.2, -0.15) is 5.10 Å². The largest absolute Gasteiger partial charge is 0.497 e. The van der Waals surface area contributed by atoms with Gasteiger partial charge in [0.15, 0.2) is 0 Å². The van der Waals surface area contributed by atoms with Crippen molar-refractivity contribution in [1.29, 1.82) is 0 Å². The molecule has 2 aromatic rings. The van der Waals surface area contributed by atoms with Crippen LogP contribution < -0.4 is 4.74 Å². The fourth-order valence-corrected chi connectivity index (χ4v) is 3.13. The lowest BCUT2D eigenvalue weighted by molar-refractivity contribution is 0.0689. The van der Waals surface area contributed by atoms with Crippen LogP contribution in [-0.4, -0.2) is 47.6 Å². The van der Waals surface area contributed by atoms with E-state index in [2.05, 4.69) is 22.1 Å². The van der Waals surface area contributed by atoms with E-state index in [1.807, 2.05) is 36.0 Å². The van der Waals surface area contributed by atoms with Crippen LogP contribution in [-0.2, 0) is 17.8 Å². The van der Waals surface area contributed by atoms with E-state index in [0.29, 0.717) is 6.10 Å².